The summed E-state index contributed by atoms with van der Waals surface area (Å²) >= 11 is 5.67. The fourth-order valence-electron chi connectivity index (χ4n) is 0.927. The topological polar surface area (TPSA) is 48.1 Å². The van der Waals surface area contributed by atoms with E-state index >= 15 is 0 Å². The Morgan fingerprint density at radius 3 is 2.65 bits per heavy atom. The smallest absolute Gasteiger partial charge is 0.340 e. The maximum Gasteiger partial charge on any atom is 0.340 e. The van der Waals surface area contributed by atoms with Crippen molar-refractivity contribution < 1.29 is 22.3 Å². The van der Waals surface area contributed by atoms with Crippen LogP contribution < -0.4 is 10.5 Å². The number of hydrogen-bond donors (Lipinski definition) is 1. The Morgan fingerprint density at radius 2 is 2.12 bits per heavy atom. The first kappa shape index (κ1) is 14.0. The molecule has 0 unspecified atom stereocenters. The van der Waals surface area contributed by atoms with Gasteiger partial charge in [-0.3, -0.25) is 0 Å². The molecule has 0 aliphatic heterocycles. The van der Waals surface area contributed by atoms with Crippen LogP contribution in [0.4, 0.5) is 17.6 Å². The van der Waals surface area contributed by atoms with Gasteiger partial charge in [-0.05, 0) is 5.56 Å². The summed E-state index contributed by atoms with van der Waals surface area (Å²) in [5.74, 6) is -4.44. The predicted molar refractivity (Wildman–Crippen MR) is 53.6 cm³/mol. The molecule has 0 amide bonds. The largest absolute Gasteiger partial charge is 0.471 e. The summed E-state index contributed by atoms with van der Waals surface area (Å²) in [6.07, 6.45) is -2.64. The van der Waals surface area contributed by atoms with Gasteiger partial charge >= 0.3 is 12.3 Å². The molecule has 1 heterocycles. The number of nitrogens with zero attached hydrogens (tertiary/aromatic N) is 1. The van der Waals surface area contributed by atoms with Crippen LogP contribution in [0.1, 0.15) is 5.56 Å². The van der Waals surface area contributed by atoms with Gasteiger partial charge in [0.25, 0.3) is 0 Å². The number of ether oxygens (including phenoxy) is 1. The second-order valence-electron chi connectivity index (χ2n) is 3.17. The molecule has 0 radical (unpaired) electrons. The Morgan fingerprint density at radius 1 is 1.47 bits per heavy atom. The Hall–Kier alpha value is -1.08. The van der Waals surface area contributed by atoms with E-state index in [0.29, 0.717) is 5.56 Å². The fourth-order valence-corrected chi connectivity index (χ4v) is 1.11. The zero-order chi connectivity index (χ0) is 13.1. The summed E-state index contributed by atoms with van der Waals surface area (Å²) < 4.78 is 53.2. The van der Waals surface area contributed by atoms with Crippen LogP contribution in [0.25, 0.3) is 0 Å². The minimum atomic E-state index is -4.22. The summed E-state index contributed by atoms with van der Waals surface area (Å²) in [5.41, 5.74) is 5.74. The molecule has 17 heavy (non-hydrogen) atoms. The van der Waals surface area contributed by atoms with Crippen molar-refractivity contribution in [3.8, 4) is 5.88 Å². The molecular weight excluding hydrogens is 264 g/mol. The van der Waals surface area contributed by atoms with Gasteiger partial charge in [0.2, 0.25) is 5.88 Å². The van der Waals surface area contributed by atoms with Crippen LogP contribution in [0, 0.1) is 0 Å². The number of nitrogens with two attached hydrogens (primary N) is 1. The minimum absolute atomic E-state index is 0.0585. The second kappa shape index (κ2) is 5.50. The molecule has 3 nitrogen and oxygen atoms in total. The van der Waals surface area contributed by atoms with Crippen molar-refractivity contribution in [1.29, 1.82) is 0 Å². The van der Waals surface area contributed by atoms with E-state index in [1.54, 1.807) is 0 Å². The van der Waals surface area contributed by atoms with Gasteiger partial charge in [-0.2, -0.15) is 8.78 Å². The molecular formula is C9H9ClF4N2O. The van der Waals surface area contributed by atoms with E-state index < -0.39 is 19.0 Å². The average Bonchev–Trinajstić information content (AvgIpc) is 2.28. The molecule has 0 saturated heterocycles. The molecule has 0 spiro atoms. The zero-order valence-corrected chi connectivity index (χ0v) is 9.22. The van der Waals surface area contributed by atoms with Crippen LogP contribution >= 0.6 is 11.6 Å². The highest BCUT2D eigenvalue weighted by Crippen LogP contribution is 2.25. The van der Waals surface area contributed by atoms with E-state index in [0.717, 1.165) is 6.20 Å². The first-order valence-electron chi connectivity index (χ1n) is 4.50. The quantitative estimate of drug-likeness (QED) is 0.838. The fraction of sp³-hybridized carbons (Fsp3) is 0.444. The highest BCUT2D eigenvalue weighted by Gasteiger charge is 2.41. The van der Waals surface area contributed by atoms with E-state index in [-0.39, 0.29) is 17.4 Å². The summed E-state index contributed by atoms with van der Waals surface area (Å²) in [5, 5.41) is 0.250. The second-order valence-corrected chi connectivity index (χ2v) is 3.58. The van der Waals surface area contributed by atoms with Crippen molar-refractivity contribution in [2.24, 2.45) is 5.73 Å². The normalized spacial score (nSPS) is 11.9. The summed E-state index contributed by atoms with van der Waals surface area (Å²) in [6.45, 7) is -1.40. The molecule has 0 atom stereocenters. The van der Waals surface area contributed by atoms with Crippen molar-refractivity contribution in [2.45, 2.75) is 18.9 Å². The van der Waals surface area contributed by atoms with Crippen molar-refractivity contribution in [1.82, 2.24) is 4.98 Å². The van der Waals surface area contributed by atoms with Gasteiger partial charge in [-0.1, -0.05) is 11.6 Å². The number of rotatable bonds is 5. The lowest BCUT2D eigenvalue weighted by Gasteiger charge is -2.15. The third-order valence-corrected chi connectivity index (χ3v) is 2.20. The van der Waals surface area contributed by atoms with Crippen LogP contribution in [0.2, 0.25) is 5.02 Å². The molecule has 1 aromatic rings. The van der Waals surface area contributed by atoms with Crippen molar-refractivity contribution in [3.63, 3.8) is 0 Å². The zero-order valence-electron chi connectivity index (χ0n) is 8.47. The number of alkyl halides is 4. The van der Waals surface area contributed by atoms with Crippen molar-refractivity contribution in [3.05, 3.63) is 22.8 Å². The number of aromatic nitrogens is 1. The van der Waals surface area contributed by atoms with Gasteiger partial charge in [-0.15, -0.1) is 0 Å². The molecule has 0 aromatic carbocycles. The molecule has 0 bridgehead atoms. The van der Waals surface area contributed by atoms with Gasteiger partial charge in [-0.25, -0.2) is 13.8 Å². The number of pyridine rings is 1. The molecule has 0 aliphatic rings. The van der Waals surface area contributed by atoms with Crippen LogP contribution in [-0.2, 0) is 6.54 Å². The average molecular weight is 273 g/mol. The monoisotopic (exact) mass is 272 g/mol. The van der Waals surface area contributed by atoms with Crippen LogP contribution in [0.3, 0.4) is 0 Å². The maximum atomic E-state index is 12.5. The molecule has 96 valence electrons. The summed E-state index contributed by atoms with van der Waals surface area (Å²) in [6, 6.07) is 1.23. The molecule has 0 fully saturated rings. The van der Waals surface area contributed by atoms with Gasteiger partial charge in [0.1, 0.15) is 0 Å². The Labute approximate surface area is 99.5 Å². The standard InChI is InChI=1S/C9H9ClF4N2O/c10-6-3-16-7(1-5(6)2-15)17-4-9(13,14)8(11)12/h1,3,8H,2,4,15H2. The van der Waals surface area contributed by atoms with Gasteiger partial charge < -0.3 is 10.5 Å². The van der Waals surface area contributed by atoms with E-state index in [9.17, 15) is 17.6 Å². The van der Waals surface area contributed by atoms with E-state index in [4.69, 9.17) is 17.3 Å². The van der Waals surface area contributed by atoms with Gasteiger partial charge in [0.15, 0.2) is 6.61 Å². The molecule has 0 saturated carbocycles. The molecule has 1 aromatic heterocycles. The Kier molecular flexibility index (Phi) is 4.53. The SMILES string of the molecule is NCc1cc(OCC(F)(F)C(F)F)ncc1Cl. The molecule has 1 rings (SSSR count). The first-order chi connectivity index (χ1) is 7.86. The third-order valence-electron chi connectivity index (χ3n) is 1.86. The molecule has 2 N–H and O–H groups in total. The lowest BCUT2D eigenvalue weighted by molar-refractivity contribution is -0.148. The first-order valence-corrected chi connectivity index (χ1v) is 4.88. The number of hydrogen-bond acceptors (Lipinski definition) is 3. The van der Waals surface area contributed by atoms with Crippen molar-refractivity contribution >= 4 is 11.6 Å². The van der Waals surface area contributed by atoms with E-state index in [2.05, 4.69) is 9.72 Å². The number of halogens is 5. The highest BCUT2D eigenvalue weighted by molar-refractivity contribution is 6.31. The van der Waals surface area contributed by atoms with Crippen LogP contribution in [0.5, 0.6) is 5.88 Å². The Bertz CT molecular complexity index is 389. The lowest BCUT2D eigenvalue weighted by Crippen LogP contribution is -2.33. The minimum Gasteiger partial charge on any atom is -0.471 e. The van der Waals surface area contributed by atoms with Crippen molar-refractivity contribution in [2.75, 3.05) is 6.61 Å². The summed E-state index contributed by atoms with van der Waals surface area (Å²) in [7, 11) is 0. The molecule has 0 aliphatic carbocycles. The Balaban J connectivity index is 2.70. The predicted octanol–water partition coefficient (Wildman–Crippen LogP) is 2.47. The molecule has 8 heteroatoms. The third kappa shape index (κ3) is 3.71. The summed E-state index contributed by atoms with van der Waals surface area (Å²) in [4.78, 5) is 3.56. The lowest BCUT2D eigenvalue weighted by atomic mass is 10.3. The van der Waals surface area contributed by atoms with E-state index in [1.807, 2.05) is 0 Å². The van der Waals surface area contributed by atoms with Gasteiger partial charge in [0, 0.05) is 18.8 Å². The van der Waals surface area contributed by atoms with Gasteiger partial charge in [0.05, 0.1) is 5.02 Å². The van der Waals surface area contributed by atoms with Crippen LogP contribution in [-0.4, -0.2) is 23.9 Å². The highest BCUT2D eigenvalue weighted by atomic mass is 35.5. The van der Waals surface area contributed by atoms with Crippen LogP contribution in [0.15, 0.2) is 12.3 Å². The maximum absolute atomic E-state index is 12.5. The van der Waals surface area contributed by atoms with E-state index in [1.165, 1.54) is 6.07 Å².